The van der Waals surface area contributed by atoms with E-state index >= 15 is 0 Å². The van der Waals surface area contributed by atoms with E-state index in [0.717, 1.165) is 0 Å². The van der Waals surface area contributed by atoms with Gasteiger partial charge in [0.2, 0.25) is 10.0 Å². The topological polar surface area (TPSA) is 66.6 Å². The van der Waals surface area contributed by atoms with Crippen LogP contribution >= 0.6 is 11.6 Å². The molecule has 0 bridgehead atoms. The summed E-state index contributed by atoms with van der Waals surface area (Å²) in [6.07, 6.45) is 0. The van der Waals surface area contributed by atoms with E-state index in [9.17, 15) is 8.42 Å². The summed E-state index contributed by atoms with van der Waals surface area (Å²) in [7, 11) is 0.195. The minimum atomic E-state index is -3.62. The van der Waals surface area contributed by atoms with Crippen LogP contribution in [0.25, 0.3) is 0 Å². The Kier molecular flexibility index (Phi) is 5.82. The van der Waals surface area contributed by atoms with Crippen molar-refractivity contribution in [2.75, 3.05) is 32.9 Å². The van der Waals surface area contributed by atoms with Crippen molar-refractivity contribution in [3.8, 4) is 0 Å². The smallest absolute Gasteiger partial charge is 0.244 e. The van der Waals surface area contributed by atoms with Crippen molar-refractivity contribution in [3.63, 3.8) is 0 Å². The van der Waals surface area contributed by atoms with Crippen molar-refractivity contribution in [2.24, 2.45) is 0 Å². The van der Waals surface area contributed by atoms with E-state index in [4.69, 9.17) is 17.3 Å². The van der Waals surface area contributed by atoms with Crippen LogP contribution in [-0.2, 0) is 10.0 Å². The van der Waals surface area contributed by atoms with E-state index in [0.29, 0.717) is 18.8 Å². The molecule has 0 radical (unpaired) electrons. The summed E-state index contributed by atoms with van der Waals surface area (Å²) >= 11 is 6.03. The summed E-state index contributed by atoms with van der Waals surface area (Å²) in [5, 5.41) is 0.153. The lowest BCUT2D eigenvalue weighted by molar-refractivity contribution is 0.271. The zero-order valence-corrected chi connectivity index (χ0v) is 13.9. The number of nitrogens with two attached hydrogens (primary N) is 1. The highest BCUT2D eigenvalue weighted by Crippen LogP contribution is 2.27. The van der Waals surface area contributed by atoms with Crippen LogP contribution in [0.3, 0.4) is 0 Å². The molecule has 2 N–H and O–H groups in total. The molecule has 20 heavy (non-hydrogen) atoms. The van der Waals surface area contributed by atoms with Crippen molar-refractivity contribution in [2.45, 2.75) is 24.8 Å². The van der Waals surface area contributed by atoms with Crippen LogP contribution < -0.4 is 5.73 Å². The van der Waals surface area contributed by atoms with Gasteiger partial charge in [-0.05, 0) is 39.2 Å². The molecular formula is C13H22ClN3O2S. The molecule has 1 atom stereocenters. The van der Waals surface area contributed by atoms with Crippen LogP contribution in [0.2, 0.25) is 5.02 Å². The second-order valence-corrected chi connectivity index (χ2v) is 7.28. The van der Waals surface area contributed by atoms with Gasteiger partial charge in [0.25, 0.3) is 0 Å². The van der Waals surface area contributed by atoms with Gasteiger partial charge in [-0.3, -0.25) is 0 Å². The van der Waals surface area contributed by atoms with Gasteiger partial charge >= 0.3 is 0 Å². The molecule has 1 aromatic carbocycles. The predicted octanol–water partition coefficient (Wildman–Crippen LogP) is 1.88. The third-order valence-electron chi connectivity index (χ3n) is 2.98. The second-order valence-electron chi connectivity index (χ2n) is 5.01. The second kappa shape index (κ2) is 6.76. The maximum absolute atomic E-state index is 12.7. The van der Waals surface area contributed by atoms with Gasteiger partial charge < -0.3 is 10.6 Å². The van der Waals surface area contributed by atoms with E-state index < -0.39 is 10.0 Å². The Labute approximate surface area is 126 Å². The van der Waals surface area contributed by atoms with Gasteiger partial charge in [-0.15, -0.1) is 0 Å². The molecule has 0 amide bonds. The molecule has 1 rings (SSSR count). The van der Waals surface area contributed by atoms with Crippen LogP contribution in [0.15, 0.2) is 23.1 Å². The summed E-state index contributed by atoms with van der Waals surface area (Å²) in [4.78, 5) is 2.05. The molecule has 0 saturated carbocycles. The third-order valence-corrected chi connectivity index (χ3v) is 5.55. The molecule has 0 aromatic heterocycles. The summed E-state index contributed by atoms with van der Waals surface area (Å²) in [5.41, 5.74) is 6.05. The molecule has 0 aliphatic carbocycles. The summed E-state index contributed by atoms with van der Waals surface area (Å²) in [5.74, 6) is 0. The van der Waals surface area contributed by atoms with Gasteiger partial charge in [0.05, 0.1) is 5.02 Å². The molecule has 7 heteroatoms. The van der Waals surface area contributed by atoms with Gasteiger partial charge in [-0.1, -0.05) is 18.5 Å². The molecule has 0 spiro atoms. The average molecular weight is 320 g/mol. The van der Waals surface area contributed by atoms with Gasteiger partial charge in [0.1, 0.15) is 4.90 Å². The fourth-order valence-corrected chi connectivity index (χ4v) is 4.35. The van der Waals surface area contributed by atoms with E-state index in [1.54, 1.807) is 6.07 Å². The van der Waals surface area contributed by atoms with Gasteiger partial charge in [-0.2, -0.15) is 4.31 Å². The van der Waals surface area contributed by atoms with Gasteiger partial charge in [0.15, 0.2) is 0 Å². The molecule has 114 valence electrons. The van der Waals surface area contributed by atoms with Gasteiger partial charge in [0, 0.05) is 24.8 Å². The van der Waals surface area contributed by atoms with Crippen molar-refractivity contribution in [1.29, 1.82) is 0 Å². The van der Waals surface area contributed by atoms with Crippen molar-refractivity contribution in [1.82, 2.24) is 9.21 Å². The summed E-state index contributed by atoms with van der Waals surface area (Å²) < 4.78 is 26.9. The number of nitrogens with zero attached hydrogens (tertiary/aromatic N) is 2. The minimum Gasteiger partial charge on any atom is -0.399 e. The molecular weight excluding hydrogens is 298 g/mol. The molecule has 5 nitrogen and oxygen atoms in total. The zero-order valence-electron chi connectivity index (χ0n) is 12.3. The Balaban J connectivity index is 3.18. The van der Waals surface area contributed by atoms with Crippen LogP contribution in [0.5, 0.6) is 0 Å². The van der Waals surface area contributed by atoms with Crippen molar-refractivity contribution < 1.29 is 8.42 Å². The average Bonchev–Trinajstić information content (AvgIpc) is 2.27. The Hall–Kier alpha value is -0.820. The lowest BCUT2D eigenvalue weighted by atomic mass is 10.3. The first-order valence-corrected chi connectivity index (χ1v) is 8.23. The number of likely N-dealkylation sites (N-methyl/N-ethyl adjacent to an activating group) is 2. The Morgan fingerprint density at radius 1 is 1.35 bits per heavy atom. The lowest BCUT2D eigenvalue weighted by Crippen LogP contribution is -2.43. The highest BCUT2D eigenvalue weighted by atomic mass is 35.5. The van der Waals surface area contributed by atoms with Crippen molar-refractivity contribution in [3.05, 3.63) is 23.2 Å². The largest absolute Gasteiger partial charge is 0.399 e. The maximum Gasteiger partial charge on any atom is 0.244 e. The Morgan fingerprint density at radius 3 is 2.40 bits per heavy atom. The van der Waals surface area contributed by atoms with Crippen LogP contribution in [0, 0.1) is 0 Å². The first-order valence-electron chi connectivity index (χ1n) is 6.41. The predicted molar refractivity (Wildman–Crippen MR) is 83.4 cm³/mol. The fourth-order valence-electron chi connectivity index (χ4n) is 2.19. The molecule has 0 fully saturated rings. The van der Waals surface area contributed by atoms with E-state index in [2.05, 4.69) is 0 Å². The molecule has 0 aliphatic heterocycles. The molecule has 1 unspecified atom stereocenters. The monoisotopic (exact) mass is 319 g/mol. The molecule has 0 aliphatic rings. The zero-order chi connectivity index (χ0) is 15.5. The van der Waals surface area contributed by atoms with Gasteiger partial charge in [-0.25, -0.2) is 8.42 Å². The number of benzene rings is 1. The molecule has 0 saturated heterocycles. The normalized spacial score (nSPS) is 13.9. The maximum atomic E-state index is 12.7. The number of hydrogen-bond acceptors (Lipinski definition) is 4. The van der Waals surface area contributed by atoms with Crippen LogP contribution in [0.1, 0.15) is 13.8 Å². The first-order chi connectivity index (χ1) is 9.20. The van der Waals surface area contributed by atoms with Crippen LogP contribution in [0.4, 0.5) is 5.69 Å². The summed E-state index contributed by atoms with van der Waals surface area (Å²) in [6, 6.07) is 4.31. The number of halogens is 1. The summed E-state index contributed by atoms with van der Waals surface area (Å²) in [6.45, 7) is 4.72. The Bertz CT molecular complexity index is 561. The van der Waals surface area contributed by atoms with Crippen molar-refractivity contribution >= 4 is 27.3 Å². The minimum absolute atomic E-state index is 0.0980. The number of nitrogen functional groups attached to an aromatic ring is 1. The van der Waals surface area contributed by atoms with E-state index in [1.165, 1.54) is 16.4 Å². The number of sulfonamides is 1. The number of anilines is 1. The standard InChI is InChI=1S/C13H22ClN3O2S/c1-5-17(10(2)9-16(3)4)20(18,19)13-7-6-11(15)8-12(13)14/h6-8,10H,5,9,15H2,1-4H3. The lowest BCUT2D eigenvalue weighted by Gasteiger charge is -2.29. The van der Waals surface area contributed by atoms with E-state index in [1.807, 2.05) is 32.8 Å². The quantitative estimate of drug-likeness (QED) is 0.813. The number of hydrogen-bond donors (Lipinski definition) is 1. The highest BCUT2D eigenvalue weighted by molar-refractivity contribution is 7.89. The fraction of sp³-hybridized carbons (Fsp3) is 0.538. The first kappa shape index (κ1) is 17.2. The SMILES string of the molecule is CCN(C(C)CN(C)C)S(=O)(=O)c1ccc(N)cc1Cl. The van der Waals surface area contributed by atoms with E-state index in [-0.39, 0.29) is 16.0 Å². The van der Waals surface area contributed by atoms with Crippen LogP contribution in [-0.4, -0.2) is 50.8 Å². The highest BCUT2D eigenvalue weighted by Gasteiger charge is 2.29. The third kappa shape index (κ3) is 3.85. The molecule has 1 aromatic rings. The molecule has 0 heterocycles. The Morgan fingerprint density at radius 2 is 1.95 bits per heavy atom. The number of rotatable bonds is 6.